The zero-order valence-corrected chi connectivity index (χ0v) is 7.30. The van der Waals surface area contributed by atoms with E-state index in [9.17, 15) is 14.9 Å². The first-order valence-corrected chi connectivity index (χ1v) is 3.95. The van der Waals surface area contributed by atoms with Crippen molar-refractivity contribution in [2.24, 2.45) is 0 Å². The van der Waals surface area contributed by atoms with Gasteiger partial charge in [0.25, 0.3) is 5.69 Å². The number of hydrogen-bond donors (Lipinski definition) is 2. The van der Waals surface area contributed by atoms with Gasteiger partial charge in [-0.3, -0.25) is 10.1 Å². The summed E-state index contributed by atoms with van der Waals surface area (Å²) in [6.07, 6.45) is 2.41. The van der Waals surface area contributed by atoms with Crippen LogP contribution in [0.25, 0.3) is 11.0 Å². The van der Waals surface area contributed by atoms with Crippen molar-refractivity contribution in [1.29, 1.82) is 0 Å². The second-order valence-corrected chi connectivity index (χ2v) is 2.82. The molecule has 0 aliphatic rings. The maximum atomic E-state index is 10.8. The van der Waals surface area contributed by atoms with E-state index < -0.39 is 10.9 Å². The van der Waals surface area contributed by atoms with Gasteiger partial charge in [0, 0.05) is 6.20 Å². The van der Waals surface area contributed by atoms with E-state index in [0.29, 0.717) is 0 Å². The SMILES string of the molecule is O=C(O)c1ccnc2[nH]cc([N+](=O)[O-])c12. The molecule has 2 heterocycles. The van der Waals surface area contributed by atoms with Crippen LogP contribution in [0, 0.1) is 10.1 Å². The molecule has 0 amide bonds. The predicted molar refractivity (Wildman–Crippen MR) is 49.7 cm³/mol. The number of H-pyrrole nitrogens is 1. The number of carbonyl (C=O) groups is 1. The molecule has 0 aliphatic heterocycles. The van der Waals surface area contributed by atoms with Gasteiger partial charge in [0.05, 0.1) is 16.7 Å². The highest BCUT2D eigenvalue weighted by Crippen LogP contribution is 2.26. The van der Waals surface area contributed by atoms with Gasteiger partial charge in [-0.15, -0.1) is 0 Å². The van der Waals surface area contributed by atoms with Crippen LogP contribution >= 0.6 is 0 Å². The minimum absolute atomic E-state index is 0.0231. The molecule has 15 heavy (non-hydrogen) atoms. The van der Waals surface area contributed by atoms with Gasteiger partial charge in [0.2, 0.25) is 0 Å². The standard InChI is InChI=1S/C8H5N3O4/c12-8(13)4-1-2-9-7-6(4)5(3-10-7)11(14)15/h1-3H,(H,9,10)(H,12,13). The lowest BCUT2D eigenvalue weighted by Gasteiger charge is -1.95. The third kappa shape index (κ3) is 1.30. The lowest BCUT2D eigenvalue weighted by atomic mass is 10.2. The molecule has 76 valence electrons. The van der Waals surface area contributed by atoms with Crippen molar-refractivity contribution in [2.45, 2.75) is 0 Å². The van der Waals surface area contributed by atoms with Crippen molar-refractivity contribution in [3.05, 3.63) is 34.1 Å². The molecule has 2 N–H and O–H groups in total. The molecule has 0 unspecified atom stereocenters. The fourth-order valence-corrected chi connectivity index (χ4v) is 1.36. The topological polar surface area (TPSA) is 109 Å². The Hall–Kier alpha value is -2.44. The molecule has 0 saturated carbocycles. The van der Waals surface area contributed by atoms with E-state index in [0.717, 1.165) is 6.20 Å². The van der Waals surface area contributed by atoms with E-state index >= 15 is 0 Å². The lowest BCUT2D eigenvalue weighted by Crippen LogP contribution is -1.98. The Labute approximate surface area is 82.5 Å². The summed E-state index contributed by atoms with van der Waals surface area (Å²) in [5.74, 6) is -1.22. The number of carboxylic acids is 1. The molecule has 0 saturated heterocycles. The highest BCUT2D eigenvalue weighted by atomic mass is 16.6. The first-order chi connectivity index (χ1) is 7.11. The van der Waals surface area contributed by atoms with Crippen LogP contribution in [0.3, 0.4) is 0 Å². The van der Waals surface area contributed by atoms with Crippen LogP contribution in [0.4, 0.5) is 5.69 Å². The molecule has 0 aliphatic carbocycles. The normalized spacial score (nSPS) is 10.4. The number of fused-ring (bicyclic) bond motifs is 1. The summed E-state index contributed by atoms with van der Waals surface area (Å²) in [6, 6.07) is 1.23. The van der Waals surface area contributed by atoms with Gasteiger partial charge in [-0.05, 0) is 6.07 Å². The Morgan fingerprint density at radius 3 is 2.93 bits per heavy atom. The van der Waals surface area contributed by atoms with Gasteiger partial charge in [0.15, 0.2) is 0 Å². The molecule has 7 nitrogen and oxygen atoms in total. The van der Waals surface area contributed by atoms with Crippen molar-refractivity contribution >= 4 is 22.7 Å². The van der Waals surface area contributed by atoms with Gasteiger partial charge in [-0.25, -0.2) is 9.78 Å². The Bertz CT molecular complexity index is 560. The minimum atomic E-state index is -1.22. The Balaban J connectivity index is 2.86. The molecule has 2 aromatic rings. The highest BCUT2D eigenvalue weighted by Gasteiger charge is 2.21. The zero-order chi connectivity index (χ0) is 11.0. The third-order valence-electron chi connectivity index (χ3n) is 1.98. The highest BCUT2D eigenvalue weighted by molar-refractivity contribution is 6.05. The number of nitrogens with zero attached hydrogens (tertiary/aromatic N) is 2. The summed E-state index contributed by atoms with van der Waals surface area (Å²) < 4.78 is 0. The van der Waals surface area contributed by atoms with Crippen LogP contribution in [-0.2, 0) is 0 Å². The lowest BCUT2D eigenvalue weighted by molar-refractivity contribution is -0.383. The van der Waals surface area contributed by atoms with E-state index in [4.69, 9.17) is 5.11 Å². The number of pyridine rings is 1. The van der Waals surface area contributed by atoms with Crippen LogP contribution in [0.2, 0.25) is 0 Å². The summed E-state index contributed by atoms with van der Waals surface area (Å²) in [5.41, 5.74) is -0.218. The molecule has 0 fully saturated rings. The Morgan fingerprint density at radius 1 is 1.60 bits per heavy atom. The number of rotatable bonds is 2. The Morgan fingerprint density at radius 2 is 2.33 bits per heavy atom. The van der Waals surface area contributed by atoms with Crippen molar-refractivity contribution in [1.82, 2.24) is 9.97 Å². The van der Waals surface area contributed by atoms with Crippen LogP contribution in [0.1, 0.15) is 10.4 Å². The predicted octanol–water partition coefficient (Wildman–Crippen LogP) is 1.17. The quantitative estimate of drug-likeness (QED) is 0.567. The first kappa shape index (κ1) is 9.13. The summed E-state index contributed by atoms with van der Waals surface area (Å²) in [6.45, 7) is 0. The first-order valence-electron chi connectivity index (χ1n) is 3.95. The fourth-order valence-electron chi connectivity index (χ4n) is 1.36. The largest absolute Gasteiger partial charge is 0.478 e. The number of nitro groups is 1. The smallest absolute Gasteiger partial charge is 0.336 e. The summed E-state index contributed by atoms with van der Waals surface area (Å²) in [4.78, 5) is 27.1. The number of aromatic nitrogens is 2. The maximum Gasteiger partial charge on any atom is 0.336 e. The molecule has 0 radical (unpaired) electrons. The Kier molecular flexibility index (Phi) is 1.86. The summed E-state index contributed by atoms with van der Waals surface area (Å²) in [5, 5.41) is 19.5. The molecule has 0 bridgehead atoms. The molecule has 0 atom stereocenters. The average Bonchev–Trinajstić information content (AvgIpc) is 2.60. The number of aromatic carboxylic acids is 1. The van der Waals surface area contributed by atoms with Crippen LogP contribution < -0.4 is 0 Å². The van der Waals surface area contributed by atoms with Crippen molar-refractivity contribution < 1.29 is 14.8 Å². The fraction of sp³-hybridized carbons (Fsp3) is 0. The molecule has 2 rings (SSSR count). The van der Waals surface area contributed by atoms with E-state index in [1.165, 1.54) is 12.3 Å². The molecule has 0 spiro atoms. The van der Waals surface area contributed by atoms with Gasteiger partial charge in [-0.2, -0.15) is 0 Å². The third-order valence-corrected chi connectivity index (χ3v) is 1.98. The monoisotopic (exact) mass is 207 g/mol. The molecular weight excluding hydrogens is 202 g/mol. The van der Waals surface area contributed by atoms with Crippen molar-refractivity contribution in [3.8, 4) is 0 Å². The number of hydrogen-bond acceptors (Lipinski definition) is 4. The molecule has 0 aromatic carbocycles. The van der Waals surface area contributed by atoms with E-state index in [-0.39, 0.29) is 22.3 Å². The zero-order valence-electron chi connectivity index (χ0n) is 7.30. The number of carboxylic acid groups (broad SMARTS) is 1. The second-order valence-electron chi connectivity index (χ2n) is 2.82. The van der Waals surface area contributed by atoms with E-state index in [2.05, 4.69) is 9.97 Å². The minimum Gasteiger partial charge on any atom is -0.478 e. The summed E-state index contributed by atoms with van der Waals surface area (Å²) >= 11 is 0. The van der Waals surface area contributed by atoms with Crippen LogP contribution in [-0.4, -0.2) is 26.0 Å². The molecule has 2 aromatic heterocycles. The van der Waals surface area contributed by atoms with Gasteiger partial charge in [0.1, 0.15) is 11.0 Å². The number of nitrogens with one attached hydrogen (secondary N) is 1. The molecular formula is C8H5N3O4. The van der Waals surface area contributed by atoms with Crippen molar-refractivity contribution in [2.75, 3.05) is 0 Å². The van der Waals surface area contributed by atoms with Gasteiger partial charge in [-0.1, -0.05) is 0 Å². The van der Waals surface area contributed by atoms with Crippen molar-refractivity contribution in [3.63, 3.8) is 0 Å². The second kappa shape index (κ2) is 3.05. The molecule has 7 heteroatoms. The van der Waals surface area contributed by atoms with Crippen LogP contribution in [0.15, 0.2) is 18.5 Å². The maximum absolute atomic E-state index is 10.8. The van der Waals surface area contributed by atoms with Gasteiger partial charge >= 0.3 is 5.97 Å². The van der Waals surface area contributed by atoms with Crippen LogP contribution in [0.5, 0.6) is 0 Å². The summed E-state index contributed by atoms with van der Waals surface area (Å²) in [7, 11) is 0. The average molecular weight is 207 g/mol. The number of aromatic amines is 1. The van der Waals surface area contributed by atoms with E-state index in [1.54, 1.807) is 0 Å². The van der Waals surface area contributed by atoms with Gasteiger partial charge < -0.3 is 10.1 Å². The van der Waals surface area contributed by atoms with E-state index in [1.807, 2.05) is 0 Å².